The van der Waals surface area contributed by atoms with Gasteiger partial charge in [-0.05, 0) is 39.3 Å². The van der Waals surface area contributed by atoms with Crippen LogP contribution in [0.15, 0.2) is 24.5 Å². The number of nitrogens with one attached hydrogen (secondary N) is 2. The smallest absolute Gasteiger partial charge is 0.181 e. The average Bonchev–Trinajstić information content (AvgIpc) is 2.95. The van der Waals surface area contributed by atoms with Gasteiger partial charge in [0.2, 0.25) is 0 Å². The van der Waals surface area contributed by atoms with Crippen molar-refractivity contribution in [1.82, 2.24) is 25.5 Å². The Morgan fingerprint density at radius 2 is 2.05 bits per heavy atom. The third-order valence-electron chi connectivity index (χ3n) is 3.44. The Bertz CT molecular complexity index is 552. The van der Waals surface area contributed by atoms with Crippen molar-refractivity contribution in [2.24, 2.45) is 0 Å². The molecule has 0 spiro atoms. The van der Waals surface area contributed by atoms with Gasteiger partial charge < -0.3 is 10.1 Å². The molecule has 2 heterocycles. The van der Waals surface area contributed by atoms with Gasteiger partial charge in [-0.3, -0.25) is 10.1 Å². The Labute approximate surface area is 125 Å². The van der Waals surface area contributed by atoms with Crippen LogP contribution >= 0.6 is 0 Å². The van der Waals surface area contributed by atoms with Crippen LogP contribution in [-0.4, -0.2) is 38.9 Å². The number of aromatic amines is 1. The van der Waals surface area contributed by atoms with Crippen LogP contribution in [-0.2, 0) is 11.3 Å². The van der Waals surface area contributed by atoms with E-state index in [0.29, 0.717) is 18.4 Å². The number of hydrogen-bond acceptors (Lipinski definition) is 5. The van der Waals surface area contributed by atoms with E-state index in [1.165, 1.54) is 0 Å². The van der Waals surface area contributed by atoms with Crippen LogP contribution < -0.4 is 5.32 Å². The molecule has 21 heavy (non-hydrogen) atoms. The molecule has 0 bridgehead atoms. The largest absolute Gasteiger partial charge is 0.379 e. The molecule has 0 saturated heterocycles. The van der Waals surface area contributed by atoms with Crippen LogP contribution in [0.25, 0.3) is 11.4 Å². The number of methoxy groups -OCH3 is 1. The summed E-state index contributed by atoms with van der Waals surface area (Å²) < 4.78 is 5.44. The van der Waals surface area contributed by atoms with E-state index in [2.05, 4.69) is 46.3 Å². The second kappa shape index (κ2) is 6.78. The first-order valence-electron chi connectivity index (χ1n) is 7.10. The lowest BCUT2D eigenvalue weighted by Gasteiger charge is -2.26. The summed E-state index contributed by atoms with van der Waals surface area (Å²) in [5.41, 5.74) is 0.830. The van der Waals surface area contributed by atoms with Crippen molar-refractivity contribution in [2.45, 2.75) is 45.4 Å². The Hall–Kier alpha value is -1.79. The summed E-state index contributed by atoms with van der Waals surface area (Å²) in [5, 5.41) is 10.6. The number of ether oxygens (including phenoxy) is 1. The molecular formula is C15H23N5O. The number of H-pyrrole nitrogens is 1. The number of rotatable bonds is 7. The molecule has 0 amide bonds. The van der Waals surface area contributed by atoms with Gasteiger partial charge in [-0.2, -0.15) is 5.10 Å². The average molecular weight is 289 g/mol. The number of hydrogen-bond donors (Lipinski definition) is 2. The highest BCUT2D eigenvalue weighted by Gasteiger charge is 2.20. The topological polar surface area (TPSA) is 75.7 Å². The van der Waals surface area contributed by atoms with Gasteiger partial charge >= 0.3 is 0 Å². The summed E-state index contributed by atoms with van der Waals surface area (Å²) in [6.07, 6.45) is 4.39. The van der Waals surface area contributed by atoms with E-state index in [-0.39, 0.29) is 5.60 Å². The maximum absolute atomic E-state index is 5.44. The van der Waals surface area contributed by atoms with Crippen LogP contribution in [0.2, 0.25) is 0 Å². The quantitative estimate of drug-likeness (QED) is 0.817. The molecular weight excluding hydrogens is 266 g/mol. The number of aromatic nitrogens is 4. The molecule has 0 aliphatic heterocycles. The molecule has 6 nitrogen and oxygen atoms in total. The van der Waals surface area contributed by atoms with Crippen molar-refractivity contribution in [3.05, 3.63) is 30.4 Å². The van der Waals surface area contributed by atoms with Gasteiger partial charge in [-0.15, -0.1) is 0 Å². The highest BCUT2D eigenvalue weighted by atomic mass is 16.5. The zero-order valence-corrected chi connectivity index (χ0v) is 13.1. The third kappa shape index (κ3) is 4.61. The molecule has 0 radical (unpaired) electrons. The van der Waals surface area contributed by atoms with Crippen molar-refractivity contribution in [1.29, 1.82) is 0 Å². The van der Waals surface area contributed by atoms with Crippen LogP contribution in [0.4, 0.5) is 0 Å². The Morgan fingerprint density at radius 1 is 1.33 bits per heavy atom. The molecule has 0 aliphatic carbocycles. The maximum atomic E-state index is 5.44. The lowest BCUT2D eigenvalue weighted by atomic mass is 10.00. The zero-order chi connectivity index (χ0) is 15.3. The van der Waals surface area contributed by atoms with Crippen LogP contribution in [0.3, 0.4) is 0 Å². The molecule has 1 unspecified atom stereocenters. The maximum Gasteiger partial charge on any atom is 0.181 e. The predicted molar refractivity (Wildman–Crippen MR) is 81.6 cm³/mol. The van der Waals surface area contributed by atoms with Gasteiger partial charge in [-0.25, -0.2) is 4.98 Å². The van der Waals surface area contributed by atoms with Crippen LogP contribution in [0.1, 0.15) is 33.0 Å². The van der Waals surface area contributed by atoms with E-state index >= 15 is 0 Å². The van der Waals surface area contributed by atoms with Crippen molar-refractivity contribution in [3.63, 3.8) is 0 Å². The van der Waals surface area contributed by atoms with Crippen molar-refractivity contribution in [2.75, 3.05) is 7.11 Å². The summed E-state index contributed by atoms with van der Waals surface area (Å²) in [5.74, 6) is 1.52. The summed E-state index contributed by atoms with van der Waals surface area (Å²) in [7, 11) is 1.74. The van der Waals surface area contributed by atoms with Gasteiger partial charge in [-0.1, -0.05) is 0 Å². The minimum Gasteiger partial charge on any atom is -0.379 e. The number of nitrogens with zero attached hydrogens (tertiary/aromatic N) is 3. The molecule has 0 saturated carbocycles. The van der Waals surface area contributed by atoms with E-state index in [0.717, 1.165) is 17.8 Å². The van der Waals surface area contributed by atoms with Crippen LogP contribution in [0, 0.1) is 0 Å². The SMILES string of the molecule is COC(C)(C)CC(C)NCc1nc(-c2ccncc2)n[nH]1. The van der Waals surface area contributed by atoms with E-state index < -0.39 is 0 Å². The van der Waals surface area contributed by atoms with E-state index in [4.69, 9.17) is 4.74 Å². The Morgan fingerprint density at radius 3 is 2.71 bits per heavy atom. The molecule has 114 valence electrons. The summed E-state index contributed by atoms with van der Waals surface area (Å²) in [6.45, 7) is 6.96. The lowest BCUT2D eigenvalue weighted by Crippen LogP contribution is -2.35. The van der Waals surface area contributed by atoms with Crippen molar-refractivity contribution < 1.29 is 4.74 Å². The molecule has 0 fully saturated rings. The highest BCUT2D eigenvalue weighted by molar-refractivity contribution is 5.52. The minimum absolute atomic E-state index is 0.129. The first-order valence-corrected chi connectivity index (χ1v) is 7.10. The molecule has 1 atom stereocenters. The Kier molecular flexibility index (Phi) is 5.03. The number of pyridine rings is 1. The van der Waals surface area contributed by atoms with Gasteiger partial charge in [0.1, 0.15) is 5.82 Å². The van der Waals surface area contributed by atoms with E-state index in [9.17, 15) is 0 Å². The van der Waals surface area contributed by atoms with Gasteiger partial charge in [0.25, 0.3) is 0 Å². The monoisotopic (exact) mass is 289 g/mol. The van der Waals surface area contributed by atoms with Gasteiger partial charge in [0.15, 0.2) is 5.82 Å². The van der Waals surface area contributed by atoms with E-state index in [1.807, 2.05) is 12.1 Å². The lowest BCUT2D eigenvalue weighted by molar-refractivity contribution is 0.00839. The molecule has 2 rings (SSSR count). The summed E-state index contributed by atoms with van der Waals surface area (Å²) in [6, 6.07) is 4.11. The standard InChI is InChI=1S/C15H23N5O/c1-11(9-15(2,3)21-4)17-10-13-18-14(20-19-13)12-5-7-16-8-6-12/h5-8,11,17H,9-10H2,1-4H3,(H,18,19,20). The molecule has 6 heteroatoms. The van der Waals surface area contributed by atoms with Gasteiger partial charge in [0, 0.05) is 31.1 Å². The molecule has 0 aromatic carbocycles. The minimum atomic E-state index is -0.129. The fourth-order valence-corrected chi connectivity index (χ4v) is 2.17. The van der Waals surface area contributed by atoms with E-state index in [1.54, 1.807) is 19.5 Å². The molecule has 2 aromatic rings. The predicted octanol–water partition coefficient (Wildman–Crippen LogP) is 2.16. The fraction of sp³-hybridized carbons (Fsp3) is 0.533. The Balaban J connectivity index is 1.89. The van der Waals surface area contributed by atoms with Crippen LogP contribution in [0.5, 0.6) is 0 Å². The second-order valence-corrected chi connectivity index (χ2v) is 5.79. The fourth-order valence-electron chi connectivity index (χ4n) is 2.17. The molecule has 2 N–H and O–H groups in total. The highest BCUT2D eigenvalue weighted by Crippen LogP contribution is 2.16. The summed E-state index contributed by atoms with van der Waals surface area (Å²) in [4.78, 5) is 8.47. The van der Waals surface area contributed by atoms with Gasteiger partial charge in [0.05, 0.1) is 12.1 Å². The van der Waals surface area contributed by atoms with Crippen molar-refractivity contribution in [3.8, 4) is 11.4 Å². The molecule has 2 aromatic heterocycles. The van der Waals surface area contributed by atoms with Crippen molar-refractivity contribution >= 4 is 0 Å². The summed E-state index contributed by atoms with van der Waals surface area (Å²) >= 11 is 0. The normalized spacial score (nSPS) is 13.3. The zero-order valence-electron chi connectivity index (χ0n) is 13.1. The third-order valence-corrected chi connectivity index (χ3v) is 3.44. The second-order valence-electron chi connectivity index (χ2n) is 5.79. The first-order chi connectivity index (χ1) is 10.00. The first kappa shape index (κ1) is 15.6. The molecule has 0 aliphatic rings.